The number of hydrogen-bond donors (Lipinski definition) is 1. The SMILES string of the molecule is COc1ccc(NC(=O)N2CCOc3nc(-c4ccc(C=O)cc4)ccc32)cc1. The van der Waals surface area contributed by atoms with Crippen molar-refractivity contribution in [2.24, 2.45) is 0 Å². The molecule has 1 aromatic heterocycles. The van der Waals surface area contributed by atoms with Gasteiger partial charge >= 0.3 is 6.03 Å². The van der Waals surface area contributed by atoms with Crippen molar-refractivity contribution < 1.29 is 19.1 Å². The molecular weight excluding hydrogens is 370 g/mol. The molecule has 0 atom stereocenters. The van der Waals surface area contributed by atoms with E-state index in [9.17, 15) is 9.59 Å². The lowest BCUT2D eigenvalue weighted by Crippen LogP contribution is -2.41. The number of nitrogens with zero attached hydrogens (tertiary/aromatic N) is 2. The van der Waals surface area contributed by atoms with Crippen molar-refractivity contribution in [3.63, 3.8) is 0 Å². The Kier molecular flexibility index (Phi) is 5.11. The average molecular weight is 389 g/mol. The van der Waals surface area contributed by atoms with Gasteiger partial charge in [-0.1, -0.05) is 24.3 Å². The van der Waals surface area contributed by atoms with Crippen molar-refractivity contribution >= 4 is 23.7 Å². The van der Waals surface area contributed by atoms with E-state index >= 15 is 0 Å². The molecular formula is C22H19N3O4. The molecule has 0 fully saturated rings. The molecule has 7 heteroatoms. The minimum Gasteiger partial charge on any atom is -0.497 e. The molecule has 0 bridgehead atoms. The predicted octanol–water partition coefficient (Wildman–Crippen LogP) is 4.00. The molecule has 3 aromatic rings. The average Bonchev–Trinajstić information content (AvgIpc) is 2.78. The Balaban J connectivity index is 1.55. The highest BCUT2D eigenvalue weighted by Crippen LogP contribution is 2.33. The van der Waals surface area contributed by atoms with E-state index in [-0.39, 0.29) is 6.03 Å². The van der Waals surface area contributed by atoms with Gasteiger partial charge in [-0.2, -0.15) is 0 Å². The number of aldehydes is 1. The molecule has 2 amide bonds. The summed E-state index contributed by atoms with van der Waals surface area (Å²) in [4.78, 5) is 29.8. The minimum atomic E-state index is -0.260. The number of carbonyl (C=O) groups is 2. The van der Waals surface area contributed by atoms with Crippen LogP contribution in [0.2, 0.25) is 0 Å². The summed E-state index contributed by atoms with van der Waals surface area (Å²) < 4.78 is 10.8. The predicted molar refractivity (Wildman–Crippen MR) is 110 cm³/mol. The Morgan fingerprint density at radius 2 is 1.86 bits per heavy atom. The van der Waals surface area contributed by atoms with E-state index < -0.39 is 0 Å². The summed E-state index contributed by atoms with van der Waals surface area (Å²) in [7, 11) is 1.59. The highest BCUT2D eigenvalue weighted by molar-refractivity contribution is 6.02. The van der Waals surface area contributed by atoms with Gasteiger partial charge in [-0.05, 0) is 36.4 Å². The number of methoxy groups -OCH3 is 1. The van der Waals surface area contributed by atoms with Crippen LogP contribution in [0.1, 0.15) is 10.4 Å². The first kappa shape index (κ1) is 18.5. The van der Waals surface area contributed by atoms with Crippen molar-refractivity contribution in [3.8, 4) is 22.9 Å². The number of urea groups is 1. The molecule has 0 saturated heterocycles. The van der Waals surface area contributed by atoms with Gasteiger partial charge in [0.15, 0.2) is 0 Å². The van der Waals surface area contributed by atoms with E-state index in [0.717, 1.165) is 17.6 Å². The van der Waals surface area contributed by atoms with Gasteiger partial charge < -0.3 is 14.8 Å². The molecule has 7 nitrogen and oxygen atoms in total. The summed E-state index contributed by atoms with van der Waals surface area (Å²) in [6.45, 7) is 0.771. The van der Waals surface area contributed by atoms with E-state index in [4.69, 9.17) is 9.47 Å². The van der Waals surface area contributed by atoms with Gasteiger partial charge in [0.25, 0.3) is 0 Å². The van der Waals surface area contributed by atoms with Crippen LogP contribution in [0.5, 0.6) is 11.6 Å². The fourth-order valence-corrected chi connectivity index (χ4v) is 3.07. The van der Waals surface area contributed by atoms with E-state index in [1.807, 2.05) is 24.3 Å². The molecule has 2 heterocycles. The standard InChI is InChI=1S/C22H19N3O4/c1-28-18-8-6-17(7-9-18)23-22(27)25-12-13-29-21-20(25)11-10-19(24-21)16-4-2-15(14-26)3-5-16/h2-11,14H,12-13H2,1H3,(H,23,27). The fourth-order valence-electron chi connectivity index (χ4n) is 3.07. The van der Waals surface area contributed by atoms with Crippen LogP contribution in [0.4, 0.5) is 16.2 Å². The molecule has 1 aliphatic rings. The van der Waals surface area contributed by atoms with Crippen molar-refractivity contribution in [1.82, 2.24) is 4.98 Å². The third kappa shape index (κ3) is 3.89. The minimum absolute atomic E-state index is 0.260. The third-order valence-electron chi connectivity index (χ3n) is 4.61. The number of benzene rings is 2. The molecule has 1 aliphatic heterocycles. The number of aromatic nitrogens is 1. The van der Waals surface area contributed by atoms with Crippen molar-refractivity contribution in [2.45, 2.75) is 0 Å². The summed E-state index contributed by atoms with van der Waals surface area (Å²) in [5.41, 5.74) is 3.45. The highest BCUT2D eigenvalue weighted by atomic mass is 16.5. The number of hydrogen-bond acceptors (Lipinski definition) is 5. The number of pyridine rings is 1. The van der Waals surface area contributed by atoms with Crippen LogP contribution in [0.15, 0.2) is 60.7 Å². The van der Waals surface area contributed by atoms with Crippen LogP contribution >= 0.6 is 0 Å². The molecule has 0 unspecified atom stereocenters. The zero-order valence-corrected chi connectivity index (χ0v) is 15.8. The second kappa shape index (κ2) is 8.02. The van der Waals surface area contributed by atoms with Crippen molar-refractivity contribution in [2.75, 3.05) is 30.5 Å². The molecule has 4 rings (SSSR count). The lowest BCUT2D eigenvalue weighted by atomic mass is 10.1. The maximum Gasteiger partial charge on any atom is 0.326 e. The van der Waals surface area contributed by atoms with Crippen LogP contribution in [-0.2, 0) is 0 Å². The van der Waals surface area contributed by atoms with Crippen LogP contribution in [-0.4, -0.2) is 37.6 Å². The van der Waals surface area contributed by atoms with Crippen molar-refractivity contribution in [3.05, 3.63) is 66.2 Å². The van der Waals surface area contributed by atoms with E-state index in [0.29, 0.717) is 41.7 Å². The number of ether oxygens (including phenoxy) is 2. The Bertz CT molecular complexity index is 1030. The maximum absolute atomic E-state index is 12.8. The van der Waals surface area contributed by atoms with E-state index in [1.54, 1.807) is 48.4 Å². The van der Waals surface area contributed by atoms with E-state index in [2.05, 4.69) is 10.3 Å². The zero-order valence-electron chi connectivity index (χ0n) is 15.8. The largest absolute Gasteiger partial charge is 0.497 e. The molecule has 0 aliphatic carbocycles. The first-order chi connectivity index (χ1) is 14.2. The molecule has 0 saturated carbocycles. The molecule has 1 N–H and O–H groups in total. The number of anilines is 2. The molecule has 0 radical (unpaired) electrons. The summed E-state index contributed by atoms with van der Waals surface area (Å²) in [6, 6.07) is 17.6. The second-order valence-electron chi connectivity index (χ2n) is 6.42. The Morgan fingerprint density at radius 3 is 2.55 bits per heavy atom. The van der Waals surface area contributed by atoms with Gasteiger partial charge in [0, 0.05) is 16.8 Å². The van der Waals surface area contributed by atoms with Crippen LogP contribution in [0, 0.1) is 0 Å². The molecule has 0 spiro atoms. The number of fused-ring (bicyclic) bond motifs is 1. The lowest BCUT2D eigenvalue weighted by molar-refractivity contribution is 0.112. The van der Waals surface area contributed by atoms with Crippen LogP contribution < -0.4 is 19.7 Å². The Labute approximate surface area is 167 Å². The van der Waals surface area contributed by atoms with Gasteiger partial charge in [-0.15, -0.1) is 0 Å². The van der Waals surface area contributed by atoms with Gasteiger partial charge in [-0.25, -0.2) is 9.78 Å². The van der Waals surface area contributed by atoms with Crippen LogP contribution in [0.3, 0.4) is 0 Å². The summed E-state index contributed by atoms with van der Waals surface area (Å²) >= 11 is 0. The normalized spacial score (nSPS) is 12.5. The first-order valence-corrected chi connectivity index (χ1v) is 9.10. The molecule has 2 aromatic carbocycles. The third-order valence-corrected chi connectivity index (χ3v) is 4.61. The van der Waals surface area contributed by atoms with Gasteiger partial charge in [0.2, 0.25) is 5.88 Å². The van der Waals surface area contributed by atoms with Crippen LogP contribution in [0.25, 0.3) is 11.3 Å². The highest BCUT2D eigenvalue weighted by Gasteiger charge is 2.25. The number of rotatable bonds is 4. The number of amides is 2. The number of carbonyl (C=O) groups excluding carboxylic acids is 2. The summed E-state index contributed by atoms with van der Waals surface area (Å²) in [5, 5.41) is 2.88. The quantitative estimate of drug-likeness (QED) is 0.682. The molecule has 29 heavy (non-hydrogen) atoms. The summed E-state index contributed by atoms with van der Waals surface area (Å²) in [6.07, 6.45) is 0.798. The monoisotopic (exact) mass is 389 g/mol. The zero-order chi connectivity index (χ0) is 20.2. The fraction of sp³-hybridized carbons (Fsp3) is 0.136. The second-order valence-corrected chi connectivity index (χ2v) is 6.42. The molecule has 146 valence electrons. The van der Waals surface area contributed by atoms with E-state index in [1.165, 1.54) is 0 Å². The lowest BCUT2D eigenvalue weighted by Gasteiger charge is -2.29. The van der Waals surface area contributed by atoms with Gasteiger partial charge in [-0.3, -0.25) is 9.69 Å². The van der Waals surface area contributed by atoms with Crippen molar-refractivity contribution in [1.29, 1.82) is 0 Å². The first-order valence-electron chi connectivity index (χ1n) is 9.10. The van der Waals surface area contributed by atoms with Gasteiger partial charge in [0.1, 0.15) is 24.3 Å². The maximum atomic E-state index is 12.8. The van der Waals surface area contributed by atoms with Gasteiger partial charge in [0.05, 0.1) is 19.3 Å². The smallest absolute Gasteiger partial charge is 0.326 e. The number of nitrogens with one attached hydrogen (secondary N) is 1. The topological polar surface area (TPSA) is 80.8 Å². The summed E-state index contributed by atoms with van der Waals surface area (Å²) in [5.74, 6) is 1.12. The Hall–Kier alpha value is -3.87. The Morgan fingerprint density at radius 1 is 1.10 bits per heavy atom.